The number of hydrogen-bond acceptors (Lipinski definition) is 7. The minimum atomic E-state index is -4.45. The van der Waals surface area contributed by atoms with Crippen molar-refractivity contribution in [3.05, 3.63) is 70.0 Å². The van der Waals surface area contributed by atoms with Crippen molar-refractivity contribution >= 4 is 29.6 Å². The van der Waals surface area contributed by atoms with E-state index in [9.17, 15) is 27.2 Å². The van der Waals surface area contributed by atoms with Crippen LogP contribution in [-0.2, 0) is 17.6 Å². The van der Waals surface area contributed by atoms with E-state index in [4.69, 9.17) is 4.74 Å². The highest BCUT2D eigenvalue weighted by molar-refractivity contribution is 7.15. The van der Waals surface area contributed by atoms with E-state index in [0.717, 1.165) is 34.9 Å². The van der Waals surface area contributed by atoms with Crippen molar-refractivity contribution < 1.29 is 42.0 Å². The molecule has 2 heterocycles. The van der Waals surface area contributed by atoms with Crippen LogP contribution in [-0.4, -0.2) is 23.2 Å². The molecule has 7 nitrogen and oxygen atoms in total. The third kappa shape index (κ3) is 4.50. The first-order chi connectivity index (χ1) is 15.2. The Morgan fingerprint density at radius 3 is 2.50 bits per heavy atom. The lowest BCUT2D eigenvalue weighted by molar-refractivity contribution is -0.433. The molecule has 164 valence electrons. The van der Waals surface area contributed by atoms with Crippen molar-refractivity contribution in [2.24, 2.45) is 5.16 Å². The zero-order valence-electron chi connectivity index (χ0n) is 15.9. The lowest BCUT2D eigenvalue weighted by Gasteiger charge is -2.06. The zero-order valence-corrected chi connectivity index (χ0v) is 16.7. The molecule has 2 N–H and O–H groups in total. The minimum Gasteiger partial charge on any atom is -0.488 e. The molecule has 0 fully saturated rings. The standard InChI is InChI=1S/C20H11F4N3O4S/c21-14-7-12(5-6-13(14)17-26-19(29)31-27-17)30-9-16-15(8-28)25-18(32-16)10-1-3-11(4-2-10)20(22,23)24/h1-8H,9H2,(H,26,27,29)/p+1. The number of rotatable bonds is 6. The number of amidine groups is 1. The smallest absolute Gasteiger partial charge is 0.488 e. The third-order valence-corrected chi connectivity index (χ3v) is 5.47. The Morgan fingerprint density at radius 1 is 1.16 bits per heavy atom. The molecule has 1 aromatic heterocycles. The number of carbonyl (C=O) groups excluding carboxylic acids is 2. The summed E-state index contributed by atoms with van der Waals surface area (Å²) in [6.45, 7) is -0.111. The van der Waals surface area contributed by atoms with Crippen molar-refractivity contribution in [1.82, 2.24) is 4.98 Å². The molecule has 4 rings (SSSR count). The van der Waals surface area contributed by atoms with E-state index in [2.05, 4.69) is 15.0 Å². The molecule has 2 aromatic carbocycles. The van der Waals surface area contributed by atoms with Gasteiger partial charge < -0.3 is 4.74 Å². The van der Waals surface area contributed by atoms with Gasteiger partial charge in [-0.3, -0.25) is 9.63 Å². The molecule has 12 heteroatoms. The van der Waals surface area contributed by atoms with Gasteiger partial charge in [0, 0.05) is 11.6 Å². The van der Waals surface area contributed by atoms with Crippen LogP contribution < -0.4 is 10.1 Å². The summed E-state index contributed by atoms with van der Waals surface area (Å²) in [4.78, 5) is 31.4. The molecule has 0 bridgehead atoms. The van der Waals surface area contributed by atoms with Crippen LogP contribution in [0.4, 0.5) is 22.4 Å². The highest BCUT2D eigenvalue weighted by Crippen LogP contribution is 2.33. The van der Waals surface area contributed by atoms with Gasteiger partial charge in [-0.15, -0.1) is 11.3 Å². The summed E-state index contributed by atoms with van der Waals surface area (Å²) in [7, 11) is 0. The molecule has 3 aromatic rings. The van der Waals surface area contributed by atoms with E-state index in [1.165, 1.54) is 24.3 Å². The first kappa shape index (κ1) is 21.6. The summed E-state index contributed by atoms with van der Waals surface area (Å²) in [5.74, 6) is -0.495. The van der Waals surface area contributed by atoms with Gasteiger partial charge >= 0.3 is 12.3 Å². The number of thiazole rings is 1. The van der Waals surface area contributed by atoms with E-state index in [1.807, 2.05) is 0 Å². The Kier molecular flexibility index (Phi) is 5.72. The van der Waals surface area contributed by atoms with Gasteiger partial charge in [0.1, 0.15) is 28.9 Å². The molecule has 32 heavy (non-hydrogen) atoms. The topological polar surface area (TPSA) is 94.5 Å². The van der Waals surface area contributed by atoms with Crippen LogP contribution in [0.1, 0.15) is 26.5 Å². The number of aldehydes is 1. The summed E-state index contributed by atoms with van der Waals surface area (Å²) >= 11 is 1.08. The molecule has 1 aliphatic rings. The average molecular weight is 466 g/mol. The Balaban J connectivity index is 1.49. The van der Waals surface area contributed by atoms with Crippen LogP contribution in [0.25, 0.3) is 10.6 Å². The summed E-state index contributed by atoms with van der Waals surface area (Å²) < 4.78 is 58.1. The normalized spacial score (nSPS) is 13.6. The minimum absolute atomic E-state index is 0.0472. The average Bonchev–Trinajstić information content (AvgIpc) is 3.38. The van der Waals surface area contributed by atoms with Crippen LogP contribution in [0.2, 0.25) is 0 Å². The fourth-order valence-electron chi connectivity index (χ4n) is 2.81. The first-order valence-corrected chi connectivity index (χ1v) is 9.75. The Bertz CT molecular complexity index is 1220. The molecular weight excluding hydrogens is 454 g/mol. The van der Waals surface area contributed by atoms with Crippen molar-refractivity contribution in [3.63, 3.8) is 0 Å². The summed E-state index contributed by atoms with van der Waals surface area (Å²) in [6.07, 6.45) is -4.64. The van der Waals surface area contributed by atoms with E-state index in [-0.39, 0.29) is 29.4 Å². The molecule has 0 aliphatic carbocycles. The highest BCUT2D eigenvalue weighted by atomic mass is 32.1. The van der Waals surface area contributed by atoms with Crippen molar-refractivity contribution in [2.45, 2.75) is 12.8 Å². The Labute approximate surface area is 181 Å². The number of amides is 1. The monoisotopic (exact) mass is 466 g/mol. The number of primary amides is 1. The fraction of sp³-hybridized carbons (Fsp3) is 0.100. The molecule has 0 saturated carbocycles. The maximum absolute atomic E-state index is 14.3. The van der Waals surface area contributed by atoms with Crippen LogP contribution in [0.15, 0.2) is 47.6 Å². The number of alkyl halides is 3. The predicted octanol–water partition coefficient (Wildman–Crippen LogP) is 3.73. The third-order valence-electron chi connectivity index (χ3n) is 4.37. The fourth-order valence-corrected chi connectivity index (χ4v) is 3.76. The van der Waals surface area contributed by atoms with E-state index in [0.29, 0.717) is 21.7 Å². The largest absolute Gasteiger partial charge is 0.545 e. The SMILES string of the molecule is O=Cc1nc(-c2ccc(C(F)(F)F)cc2)sc1COc1ccc(C2=NOC(=O)[NH2+]2)c(F)c1. The van der Waals surface area contributed by atoms with Crippen LogP contribution in [0.3, 0.4) is 0 Å². The summed E-state index contributed by atoms with van der Waals surface area (Å²) in [5.41, 5.74) is -0.246. The Morgan fingerprint density at radius 2 is 1.91 bits per heavy atom. The highest BCUT2D eigenvalue weighted by Gasteiger charge is 2.30. The predicted molar refractivity (Wildman–Crippen MR) is 104 cm³/mol. The Hall–Kier alpha value is -3.64. The molecule has 0 saturated heterocycles. The van der Waals surface area contributed by atoms with Crippen LogP contribution in [0, 0.1) is 5.82 Å². The maximum Gasteiger partial charge on any atom is 0.545 e. The number of halogens is 4. The molecule has 0 radical (unpaired) electrons. The van der Waals surface area contributed by atoms with Crippen molar-refractivity contribution in [3.8, 4) is 16.3 Å². The van der Waals surface area contributed by atoms with Gasteiger partial charge in [-0.25, -0.2) is 9.37 Å². The van der Waals surface area contributed by atoms with Gasteiger partial charge in [0.2, 0.25) is 0 Å². The number of ether oxygens (including phenoxy) is 1. The van der Waals surface area contributed by atoms with Crippen molar-refractivity contribution in [1.29, 1.82) is 0 Å². The van der Waals surface area contributed by atoms with Gasteiger partial charge in [0.25, 0.3) is 5.84 Å². The quantitative estimate of drug-likeness (QED) is 0.339. The van der Waals surface area contributed by atoms with E-state index >= 15 is 0 Å². The van der Waals surface area contributed by atoms with E-state index in [1.54, 1.807) is 0 Å². The number of hydrogen-bond donors (Lipinski definition) is 1. The van der Waals surface area contributed by atoms with Gasteiger partial charge in [0.05, 0.1) is 16.0 Å². The maximum atomic E-state index is 14.3. The summed E-state index contributed by atoms with van der Waals surface area (Å²) in [6, 6.07) is 8.31. The van der Waals surface area contributed by atoms with Gasteiger partial charge in [-0.2, -0.15) is 23.3 Å². The molecular formula is C20H12F4N3O4S+. The number of oxime groups is 1. The molecule has 0 unspecified atom stereocenters. The lowest BCUT2D eigenvalue weighted by Crippen LogP contribution is -2.89. The van der Waals surface area contributed by atoms with Gasteiger partial charge in [-0.05, 0) is 29.4 Å². The van der Waals surface area contributed by atoms with Gasteiger partial charge in [0.15, 0.2) is 6.29 Å². The number of aromatic nitrogens is 1. The molecule has 1 aliphatic heterocycles. The van der Waals surface area contributed by atoms with Crippen LogP contribution >= 0.6 is 11.3 Å². The number of benzene rings is 2. The summed E-state index contributed by atoms with van der Waals surface area (Å²) in [5, 5.41) is 4.87. The lowest BCUT2D eigenvalue weighted by atomic mass is 10.1. The zero-order chi connectivity index (χ0) is 22.9. The van der Waals surface area contributed by atoms with Crippen molar-refractivity contribution in [2.75, 3.05) is 0 Å². The second kappa shape index (κ2) is 8.48. The van der Waals surface area contributed by atoms with Crippen LogP contribution in [0.5, 0.6) is 5.75 Å². The second-order valence-electron chi connectivity index (χ2n) is 6.48. The number of quaternary nitrogens is 1. The van der Waals surface area contributed by atoms with Gasteiger partial charge in [-0.1, -0.05) is 12.1 Å². The molecule has 1 amide bonds. The second-order valence-corrected chi connectivity index (χ2v) is 7.57. The first-order valence-electron chi connectivity index (χ1n) is 8.93. The molecule has 0 spiro atoms. The molecule has 0 atom stereocenters. The number of carbonyl (C=O) groups is 2. The van der Waals surface area contributed by atoms with E-state index < -0.39 is 23.7 Å². The number of nitrogens with zero attached hydrogens (tertiary/aromatic N) is 2. The number of nitrogens with two attached hydrogens (primary N) is 1.